The predicted octanol–water partition coefficient (Wildman–Crippen LogP) is 6.06. The molecule has 0 aliphatic heterocycles. The molecule has 0 bridgehead atoms. The molecule has 109 valence electrons. The van der Waals surface area contributed by atoms with E-state index in [1.165, 1.54) is 37.2 Å². The molecule has 0 aromatic heterocycles. The van der Waals surface area contributed by atoms with E-state index >= 15 is 0 Å². The van der Waals surface area contributed by atoms with Crippen LogP contribution in [0.2, 0.25) is 0 Å². The van der Waals surface area contributed by atoms with Gasteiger partial charge in [0.2, 0.25) is 0 Å². The van der Waals surface area contributed by atoms with Gasteiger partial charge in [0.05, 0.1) is 0 Å². The fourth-order valence-electron chi connectivity index (χ4n) is 1.62. The first-order valence-electron chi connectivity index (χ1n) is 7.32. The van der Waals surface area contributed by atoms with Crippen LogP contribution in [0.4, 0.5) is 0 Å². The molecule has 0 aliphatic carbocycles. The Bertz CT molecular complexity index is 206. The number of thioether (sulfide) groups is 2. The Kier molecular flexibility index (Phi) is 9.13. The van der Waals surface area contributed by atoms with E-state index in [2.05, 4.69) is 72.0 Å². The summed E-state index contributed by atoms with van der Waals surface area (Å²) in [6.45, 7) is 18.2. The maximum atomic E-state index is 4.46. The van der Waals surface area contributed by atoms with Crippen LogP contribution in [-0.4, -0.2) is 21.0 Å². The molecule has 0 spiro atoms. The second-order valence-electron chi connectivity index (χ2n) is 6.66. The highest BCUT2D eigenvalue weighted by Gasteiger charge is 2.22. The Morgan fingerprint density at radius 3 is 2.11 bits per heavy atom. The molecule has 0 N–H and O–H groups in total. The summed E-state index contributed by atoms with van der Waals surface area (Å²) in [5.41, 5.74) is 0. The lowest BCUT2D eigenvalue weighted by Gasteiger charge is -2.28. The third-order valence-corrected chi connectivity index (χ3v) is 6.23. The SMILES string of the molecule is [CH2]C(CC)(CCCCSC(C)(C)C)SCC(C)C. The van der Waals surface area contributed by atoms with Gasteiger partial charge in [-0.05, 0) is 43.6 Å². The summed E-state index contributed by atoms with van der Waals surface area (Å²) < 4.78 is 0.676. The lowest BCUT2D eigenvalue weighted by atomic mass is 10.0. The molecule has 0 aromatic rings. The van der Waals surface area contributed by atoms with E-state index in [-0.39, 0.29) is 4.75 Å². The Hall–Kier alpha value is 0.700. The molecule has 0 saturated heterocycles. The topological polar surface area (TPSA) is 0 Å². The first kappa shape index (κ1) is 18.7. The van der Waals surface area contributed by atoms with Gasteiger partial charge < -0.3 is 0 Å². The Morgan fingerprint density at radius 2 is 1.67 bits per heavy atom. The van der Waals surface area contributed by atoms with E-state index in [1.807, 2.05) is 0 Å². The van der Waals surface area contributed by atoms with Crippen molar-refractivity contribution < 1.29 is 0 Å². The minimum atomic E-state index is 0.261. The van der Waals surface area contributed by atoms with E-state index < -0.39 is 0 Å². The van der Waals surface area contributed by atoms with Crippen LogP contribution < -0.4 is 0 Å². The average molecular weight is 290 g/mol. The van der Waals surface area contributed by atoms with Gasteiger partial charge in [-0.25, -0.2) is 0 Å². The van der Waals surface area contributed by atoms with Gasteiger partial charge >= 0.3 is 0 Å². The van der Waals surface area contributed by atoms with Crippen molar-refractivity contribution >= 4 is 23.5 Å². The van der Waals surface area contributed by atoms with Crippen molar-refractivity contribution in [3.8, 4) is 0 Å². The maximum Gasteiger partial charge on any atom is 0.0158 e. The van der Waals surface area contributed by atoms with Crippen molar-refractivity contribution in [3.63, 3.8) is 0 Å². The summed E-state index contributed by atoms with van der Waals surface area (Å²) in [7, 11) is 0. The van der Waals surface area contributed by atoms with E-state index in [4.69, 9.17) is 0 Å². The van der Waals surface area contributed by atoms with Gasteiger partial charge in [0.1, 0.15) is 0 Å². The molecule has 2 heteroatoms. The Morgan fingerprint density at radius 1 is 1.06 bits per heavy atom. The van der Waals surface area contributed by atoms with E-state index in [1.54, 1.807) is 0 Å². The molecule has 18 heavy (non-hydrogen) atoms. The van der Waals surface area contributed by atoms with Crippen molar-refractivity contribution in [2.45, 2.75) is 76.7 Å². The highest BCUT2D eigenvalue weighted by atomic mass is 32.2. The van der Waals surface area contributed by atoms with Gasteiger partial charge in [-0.3, -0.25) is 0 Å². The molecule has 0 aliphatic rings. The van der Waals surface area contributed by atoms with E-state index in [9.17, 15) is 0 Å². The van der Waals surface area contributed by atoms with Gasteiger partial charge in [-0.1, -0.05) is 48.0 Å². The van der Waals surface area contributed by atoms with Crippen molar-refractivity contribution in [2.24, 2.45) is 5.92 Å². The third kappa shape index (κ3) is 10.6. The Labute approximate surface area is 124 Å². The quantitative estimate of drug-likeness (QED) is 0.473. The third-order valence-electron chi connectivity index (χ3n) is 2.93. The number of hydrogen-bond donors (Lipinski definition) is 0. The van der Waals surface area contributed by atoms with E-state index in [0.29, 0.717) is 4.75 Å². The molecule has 0 amide bonds. The summed E-state index contributed by atoms with van der Waals surface area (Å²) in [6, 6.07) is 0. The molecule has 1 atom stereocenters. The van der Waals surface area contributed by atoms with Gasteiger partial charge in [0, 0.05) is 9.49 Å². The molecule has 0 rings (SSSR count). The van der Waals surface area contributed by atoms with Crippen LogP contribution in [0.5, 0.6) is 0 Å². The minimum Gasteiger partial charge on any atom is -0.156 e. The predicted molar refractivity (Wildman–Crippen MR) is 91.7 cm³/mol. The average Bonchev–Trinajstić information content (AvgIpc) is 2.24. The van der Waals surface area contributed by atoms with Crippen molar-refractivity contribution in [1.29, 1.82) is 0 Å². The fourth-order valence-corrected chi connectivity index (χ4v) is 3.76. The summed E-state index contributed by atoms with van der Waals surface area (Å²) in [4.78, 5) is 0. The first-order valence-corrected chi connectivity index (χ1v) is 9.29. The number of unbranched alkanes of at least 4 members (excludes halogenated alkanes) is 1. The van der Waals surface area contributed by atoms with Crippen LogP contribution >= 0.6 is 23.5 Å². The lowest BCUT2D eigenvalue weighted by Crippen LogP contribution is -2.21. The van der Waals surface area contributed by atoms with Gasteiger partial charge in [-0.2, -0.15) is 23.5 Å². The zero-order chi connectivity index (χ0) is 14.2. The van der Waals surface area contributed by atoms with Crippen LogP contribution in [0.3, 0.4) is 0 Å². The number of rotatable bonds is 9. The Balaban J connectivity index is 3.79. The first-order chi connectivity index (χ1) is 8.18. The van der Waals surface area contributed by atoms with Crippen molar-refractivity contribution in [2.75, 3.05) is 11.5 Å². The molecule has 0 fully saturated rings. The van der Waals surface area contributed by atoms with Crippen molar-refractivity contribution in [3.05, 3.63) is 6.92 Å². The lowest BCUT2D eigenvalue weighted by molar-refractivity contribution is 0.578. The van der Waals surface area contributed by atoms with Crippen LogP contribution in [0, 0.1) is 12.8 Å². The molecule has 1 unspecified atom stereocenters. The summed E-state index contributed by atoms with van der Waals surface area (Å²) in [5, 5.41) is 0. The van der Waals surface area contributed by atoms with Crippen LogP contribution in [-0.2, 0) is 0 Å². The summed E-state index contributed by atoms with van der Waals surface area (Å²) >= 11 is 4.16. The number of hydrogen-bond acceptors (Lipinski definition) is 2. The normalized spacial score (nSPS) is 16.0. The largest absolute Gasteiger partial charge is 0.156 e. The zero-order valence-corrected chi connectivity index (χ0v) is 15.0. The maximum absolute atomic E-state index is 4.46. The summed E-state index contributed by atoms with van der Waals surface area (Å²) in [5.74, 6) is 3.31. The highest BCUT2D eigenvalue weighted by Crippen LogP contribution is 2.35. The molecular weight excluding hydrogens is 256 g/mol. The van der Waals surface area contributed by atoms with Crippen LogP contribution in [0.1, 0.15) is 67.2 Å². The van der Waals surface area contributed by atoms with Crippen molar-refractivity contribution in [1.82, 2.24) is 0 Å². The molecular formula is C16H33S2. The highest BCUT2D eigenvalue weighted by molar-refractivity contribution is 8.00. The van der Waals surface area contributed by atoms with Gasteiger partial charge in [0.25, 0.3) is 0 Å². The second kappa shape index (κ2) is 8.79. The van der Waals surface area contributed by atoms with Crippen LogP contribution in [0.15, 0.2) is 0 Å². The second-order valence-corrected chi connectivity index (χ2v) is 10.1. The zero-order valence-electron chi connectivity index (χ0n) is 13.3. The molecule has 0 saturated carbocycles. The molecule has 1 radical (unpaired) electrons. The molecule has 0 aromatic carbocycles. The van der Waals surface area contributed by atoms with Gasteiger partial charge in [-0.15, -0.1) is 0 Å². The monoisotopic (exact) mass is 289 g/mol. The molecule has 0 heterocycles. The summed E-state index contributed by atoms with van der Waals surface area (Å²) in [6.07, 6.45) is 5.12. The molecule has 0 nitrogen and oxygen atoms in total. The standard InChI is InChI=1S/C16H33S2/c1-8-16(7,18-13-14(2)3)11-9-10-12-17-15(4,5)6/h14H,7-13H2,1-6H3. The minimum absolute atomic E-state index is 0.261. The smallest absolute Gasteiger partial charge is 0.0158 e. The van der Waals surface area contributed by atoms with E-state index in [0.717, 1.165) is 5.92 Å². The van der Waals surface area contributed by atoms with Gasteiger partial charge in [0.15, 0.2) is 0 Å². The fraction of sp³-hybridized carbons (Fsp3) is 0.938. The van der Waals surface area contributed by atoms with Crippen LogP contribution in [0.25, 0.3) is 0 Å².